The van der Waals surface area contributed by atoms with Crippen LogP contribution in [0.2, 0.25) is 0 Å². The van der Waals surface area contributed by atoms with E-state index in [1.807, 2.05) is 42.5 Å². The summed E-state index contributed by atoms with van der Waals surface area (Å²) in [5.74, 6) is 2.09. The van der Waals surface area contributed by atoms with Gasteiger partial charge in [-0.2, -0.15) is 0 Å². The molecule has 1 fully saturated rings. The average Bonchev–Trinajstić information content (AvgIpc) is 3.11. The van der Waals surface area contributed by atoms with Crippen molar-refractivity contribution in [3.8, 4) is 11.5 Å². The normalized spacial score (nSPS) is 32.3. The number of carbonyl (C=O) groups is 1. The molecule has 2 aromatic carbocycles. The van der Waals surface area contributed by atoms with Gasteiger partial charge in [0, 0.05) is 42.6 Å². The standard InChI is InChI=1S/C29H33NO4/c1-33-24-12-9-21-18-30(16-15-29-14-13-23(31)17-25(29)34-28(24)26(21)29)22-10-7-20(8-11-22)27(32)19-5-3-2-4-6-19/h2-6,9,12-14,20,22-23,25,31H,7-8,10-11,15-18H2,1H3/t20?,22?,23-,25-,29-/m0/s1. The van der Waals surface area contributed by atoms with Gasteiger partial charge in [0.2, 0.25) is 0 Å². The van der Waals surface area contributed by atoms with E-state index in [9.17, 15) is 9.90 Å². The van der Waals surface area contributed by atoms with Gasteiger partial charge in [-0.25, -0.2) is 0 Å². The molecule has 34 heavy (non-hydrogen) atoms. The van der Waals surface area contributed by atoms with Gasteiger partial charge in [-0.05, 0) is 43.7 Å². The Labute approximate surface area is 201 Å². The van der Waals surface area contributed by atoms with Crippen LogP contribution < -0.4 is 9.47 Å². The summed E-state index contributed by atoms with van der Waals surface area (Å²) in [5.41, 5.74) is 3.21. The molecule has 0 bridgehead atoms. The fourth-order valence-electron chi connectivity index (χ4n) is 6.81. The minimum Gasteiger partial charge on any atom is -0.493 e. The molecule has 3 atom stereocenters. The summed E-state index contributed by atoms with van der Waals surface area (Å²) in [5, 5.41) is 10.3. The average molecular weight is 460 g/mol. The Morgan fingerprint density at radius 1 is 1.12 bits per heavy atom. The Balaban J connectivity index is 1.24. The van der Waals surface area contributed by atoms with Gasteiger partial charge in [0.1, 0.15) is 6.10 Å². The van der Waals surface area contributed by atoms with E-state index in [0.717, 1.165) is 62.3 Å². The van der Waals surface area contributed by atoms with Crippen molar-refractivity contribution in [1.82, 2.24) is 4.90 Å². The predicted octanol–water partition coefficient (Wildman–Crippen LogP) is 4.66. The zero-order chi connectivity index (χ0) is 23.3. The highest BCUT2D eigenvalue weighted by atomic mass is 16.5. The van der Waals surface area contributed by atoms with Gasteiger partial charge in [0.15, 0.2) is 17.3 Å². The lowest BCUT2D eigenvalue weighted by molar-refractivity contribution is 0.0696. The summed E-state index contributed by atoms with van der Waals surface area (Å²) < 4.78 is 12.1. The van der Waals surface area contributed by atoms with Gasteiger partial charge in [-0.15, -0.1) is 0 Å². The second-order valence-electron chi connectivity index (χ2n) is 10.4. The predicted molar refractivity (Wildman–Crippen MR) is 130 cm³/mol. The molecular weight excluding hydrogens is 426 g/mol. The van der Waals surface area contributed by atoms with E-state index in [0.29, 0.717) is 18.2 Å². The number of rotatable bonds is 4. The molecule has 1 spiro atoms. The van der Waals surface area contributed by atoms with Crippen LogP contribution in [-0.2, 0) is 12.0 Å². The summed E-state index contributed by atoms with van der Waals surface area (Å²) in [6, 6.07) is 14.5. The third-order valence-electron chi connectivity index (χ3n) is 8.63. The molecule has 1 saturated carbocycles. The topological polar surface area (TPSA) is 59.0 Å². The second-order valence-corrected chi connectivity index (χ2v) is 10.4. The largest absolute Gasteiger partial charge is 0.493 e. The van der Waals surface area contributed by atoms with Crippen LogP contribution in [-0.4, -0.2) is 47.7 Å². The summed E-state index contributed by atoms with van der Waals surface area (Å²) in [6.07, 6.45) is 9.25. The van der Waals surface area contributed by atoms with Crippen molar-refractivity contribution < 1.29 is 19.4 Å². The second kappa shape index (κ2) is 8.54. The van der Waals surface area contributed by atoms with Crippen LogP contribution in [0.5, 0.6) is 11.5 Å². The maximum absolute atomic E-state index is 13.0. The molecule has 2 aliphatic heterocycles. The zero-order valence-electron chi connectivity index (χ0n) is 19.8. The highest BCUT2D eigenvalue weighted by Crippen LogP contribution is 2.56. The van der Waals surface area contributed by atoms with Gasteiger partial charge >= 0.3 is 0 Å². The van der Waals surface area contributed by atoms with Gasteiger partial charge in [0.25, 0.3) is 0 Å². The lowest BCUT2D eigenvalue weighted by Gasteiger charge is -2.38. The van der Waals surface area contributed by atoms with E-state index in [-0.39, 0.29) is 17.4 Å². The van der Waals surface area contributed by atoms with Crippen LogP contribution in [0.25, 0.3) is 0 Å². The van der Waals surface area contributed by atoms with Crippen LogP contribution in [0, 0.1) is 5.92 Å². The zero-order valence-corrected chi connectivity index (χ0v) is 19.8. The molecule has 0 unspecified atom stereocenters. The Bertz CT molecular complexity index is 1100. The minimum absolute atomic E-state index is 0.0586. The monoisotopic (exact) mass is 459 g/mol. The smallest absolute Gasteiger partial charge is 0.166 e. The van der Waals surface area contributed by atoms with Gasteiger partial charge in [-0.1, -0.05) is 48.6 Å². The number of hydrogen-bond donors (Lipinski definition) is 1. The van der Waals surface area contributed by atoms with E-state index in [1.165, 1.54) is 11.1 Å². The van der Waals surface area contributed by atoms with E-state index < -0.39 is 6.10 Å². The van der Waals surface area contributed by atoms with Crippen LogP contribution >= 0.6 is 0 Å². The maximum Gasteiger partial charge on any atom is 0.166 e. The first-order valence-electron chi connectivity index (χ1n) is 12.7. The number of aliphatic hydroxyl groups excluding tert-OH is 1. The molecule has 0 radical (unpaired) electrons. The quantitative estimate of drug-likeness (QED) is 0.532. The summed E-state index contributed by atoms with van der Waals surface area (Å²) in [7, 11) is 1.69. The Morgan fingerprint density at radius 3 is 2.68 bits per heavy atom. The number of methoxy groups -OCH3 is 1. The van der Waals surface area contributed by atoms with Gasteiger partial charge in [0.05, 0.1) is 18.6 Å². The van der Waals surface area contributed by atoms with Crippen LogP contribution in [0.3, 0.4) is 0 Å². The van der Waals surface area contributed by atoms with E-state index >= 15 is 0 Å². The van der Waals surface area contributed by atoms with Crippen molar-refractivity contribution in [2.45, 2.75) is 68.7 Å². The van der Waals surface area contributed by atoms with E-state index in [2.05, 4.69) is 17.0 Å². The summed E-state index contributed by atoms with van der Waals surface area (Å²) in [6.45, 7) is 1.88. The minimum atomic E-state index is -0.462. The fraction of sp³-hybridized carbons (Fsp3) is 0.483. The van der Waals surface area contributed by atoms with Gasteiger partial charge < -0.3 is 14.6 Å². The first-order valence-corrected chi connectivity index (χ1v) is 12.7. The van der Waals surface area contributed by atoms with Crippen molar-refractivity contribution >= 4 is 5.78 Å². The number of hydrogen-bond acceptors (Lipinski definition) is 5. The van der Waals surface area contributed by atoms with Crippen molar-refractivity contribution in [1.29, 1.82) is 0 Å². The Hall–Kier alpha value is -2.63. The van der Waals surface area contributed by atoms with Crippen molar-refractivity contribution in [2.75, 3.05) is 13.7 Å². The van der Waals surface area contributed by atoms with Crippen LogP contribution in [0.15, 0.2) is 54.6 Å². The van der Waals surface area contributed by atoms with Crippen molar-refractivity contribution in [3.63, 3.8) is 0 Å². The molecular formula is C29H33NO4. The fourth-order valence-corrected chi connectivity index (χ4v) is 6.81. The highest BCUT2D eigenvalue weighted by molar-refractivity contribution is 5.97. The molecule has 2 heterocycles. The third-order valence-corrected chi connectivity index (χ3v) is 8.63. The summed E-state index contributed by atoms with van der Waals surface area (Å²) in [4.78, 5) is 15.6. The van der Waals surface area contributed by atoms with E-state index in [4.69, 9.17) is 9.47 Å². The molecule has 1 N–H and O–H groups in total. The molecule has 0 saturated heterocycles. The number of Topliss-reactive ketones (excluding diaryl/α,β-unsaturated/α-hetero) is 1. The molecule has 178 valence electrons. The first kappa shape index (κ1) is 21.9. The van der Waals surface area contributed by atoms with Crippen molar-refractivity contribution in [3.05, 3.63) is 71.3 Å². The number of carbonyl (C=O) groups excluding carboxylic acids is 1. The Morgan fingerprint density at radius 2 is 1.91 bits per heavy atom. The number of ether oxygens (including phenoxy) is 2. The SMILES string of the molecule is COc1ccc2c3c1O[C@H]1C[C@@H](O)C=C[C@@]31CCN(C1CCC(C(=O)c3ccccc3)CC1)C2. The molecule has 0 amide bonds. The molecule has 2 aliphatic carbocycles. The highest BCUT2D eigenvalue weighted by Gasteiger charge is 2.53. The lowest BCUT2D eigenvalue weighted by Crippen LogP contribution is -2.44. The lowest BCUT2D eigenvalue weighted by atomic mass is 9.69. The molecule has 6 rings (SSSR count). The molecule has 4 aliphatic rings. The third kappa shape index (κ3) is 3.48. The molecule has 5 heteroatoms. The van der Waals surface area contributed by atoms with Crippen molar-refractivity contribution in [2.24, 2.45) is 5.92 Å². The van der Waals surface area contributed by atoms with Crippen LogP contribution in [0.1, 0.15) is 60.0 Å². The molecule has 0 aromatic heterocycles. The maximum atomic E-state index is 13.0. The molecule has 5 nitrogen and oxygen atoms in total. The first-order chi connectivity index (χ1) is 16.6. The molecule has 2 aromatic rings. The van der Waals surface area contributed by atoms with E-state index in [1.54, 1.807) is 7.11 Å². The Kier molecular flexibility index (Phi) is 5.50. The number of aliphatic hydroxyl groups is 1. The number of nitrogens with zero attached hydrogens (tertiary/aromatic N) is 1. The van der Waals surface area contributed by atoms with Crippen LogP contribution in [0.4, 0.5) is 0 Å². The van der Waals surface area contributed by atoms with Gasteiger partial charge in [-0.3, -0.25) is 9.69 Å². The summed E-state index contributed by atoms with van der Waals surface area (Å²) >= 11 is 0. The number of benzene rings is 2. The number of ketones is 1.